The van der Waals surface area contributed by atoms with Crippen molar-refractivity contribution in [2.24, 2.45) is 11.8 Å². The van der Waals surface area contributed by atoms with Crippen LogP contribution in [0, 0.1) is 30.1 Å². The number of anilines is 1. The topological polar surface area (TPSA) is 69.3 Å². The van der Waals surface area contributed by atoms with E-state index in [0.29, 0.717) is 33.2 Å². The highest BCUT2D eigenvalue weighted by Gasteiger charge is 2.37. The molecule has 38 heavy (non-hydrogen) atoms. The van der Waals surface area contributed by atoms with Gasteiger partial charge in [0.15, 0.2) is 0 Å². The summed E-state index contributed by atoms with van der Waals surface area (Å²) in [5.41, 5.74) is 2.29. The molecule has 2 saturated heterocycles. The largest absolute Gasteiger partial charge is 0.357 e. The van der Waals surface area contributed by atoms with Crippen LogP contribution in [0.1, 0.15) is 75.3 Å². The monoisotopic (exact) mass is 548 g/mol. The van der Waals surface area contributed by atoms with Gasteiger partial charge in [-0.25, -0.2) is 0 Å². The fourth-order valence-electron chi connectivity index (χ4n) is 5.67. The first kappa shape index (κ1) is 28.1. The van der Waals surface area contributed by atoms with E-state index in [2.05, 4.69) is 31.7 Å². The Labute approximate surface area is 235 Å². The number of piperidine rings is 1. The van der Waals surface area contributed by atoms with E-state index >= 15 is 0 Å². The summed E-state index contributed by atoms with van der Waals surface area (Å²) in [6.07, 6.45) is 4.76. The van der Waals surface area contributed by atoms with Crippen LogP contribution in [0.15, 0.2) is 40.0 Å². The second-order valence-corrected chi connectivity index (χ2v) is 12.3. The molecule has 0 aliphatic carbocycles. The summed E-state index contributed by atoms with van der Waals surface area (Å²) < 4.78 is 2.29. The van der Waals surface area contributed by atoms with Gasteiger partial charge in [0.05, 0.1) is 10.9 Å². The molecular weight excluding hydrogens is 512 g/mol. The summed E-state index contributed by atoms with van der Waals surface area (Å²) in [4.78, 5) is 31.7. The summed E-state index contributed by atoms with van der Waals surface area (Å²) in [5.74, 6) is 1.62. The van der Waals surface area contributed by atoms with Crippen molar-refractivity contribution in [1.29, 1.82) is 5.26 Å². The smallest absolute Gasteiger partial charge is 0.270 e. The highest BCUT2D eigenvalue weighted by Crippen LogP contribution is 2.40. The van der Waals surface area contributed by atoms with Crippen LogP contribution in [0.25, 0.3) is 6.08 Å². The number of hydrogen-bond acceptors (Lipinski definition) is 6. The normalized spacial score (nSPS) is 21.7. The van der Waals surface area contributed by atoms with Gasteiger partial charge in [-0.3, -0.25) is 19.1 Å². The van der Waals surface area contributed by atoms with Gasteiger partial charge in [-0.1, -0.05) is 81.5 Å². The third kappa shape index (κ3) is 5.45. The number of carbonyl (C=O) groups is 1. The van der Waals surface area contributed by atoms with Crippen molar-refractivity contribution in [1.82, 2.24) is 9.47 Å². The molecule has 2 fully saturated rings. The number of aromatic nitrogens is 1. The van der Waals surface area contributed by atoms with Crippen LogP contribution >= 0.6 is 24.0 Å². The zero-order valence-electron chi connectivity index (χ0n) is 22.9. The molecule has 0 bridgehead atoms. The Morgan fingerprint density at radius 1 is 1.18 bits per heavy atom. The Morgan fingerprint density at radius 3 is 2.45 bits per heavy atom. The molecular formula is C30H36N4O2S2. The lowest BCUT2D eigenvalue weighted by Gasteiger charge is -2.39. The summed E-state index contributed by atoms with van der Waals surface area (Å²) in [5, 5.41) is 9.96. The second kappa shape index (κ2) is 11.9. The minimum absolute atomic E-state index is 0.141. The van der Waals surface area contributed by atoms with Crippen molar-refractivity contribution in [3.63, 3.8) is 0 Å². The van der Waals surface area contributed by atoms with E-state index in [1.54, 1.807) is 9.47 Å². The molecule has 0 spiro atoms. The summed E-state index contributed by atoms with van der Waals surface area (Å²) in [6, 6.07) is 11.8. The third-order valence-corrected chi connectivity index (χ3v) is 8.85. The molecule has 6 nitrogen and oxygen atoms in total. The molecule has 1 aromatic heterocycles. The summed E-state index contributed by atoms with van der Waals surface area (Å²) in [7, 11) is 0. The number of amides is 1. The molecule has 3 heterocycles. The predicted octanol–water partition coefficient (Wildman–Crippen LogP) is 6.27. The minimum Gasteiger partial charge on any atom is -0.357 e. The van der Waals surface area contributed by atoms with Crippen molar-refractivity contribution < 1.29 is 4.79 Å². The first-order valence-electron chi connectivity index (χ1n) is 13.4. The average Bonchev–Trinajstić information content (AvgIpc) is 3.16. The van der Waals surface area contributed by atoms with Crippen LogP contribution < -0.4 is 10.5 Å². The van der Waals surface area contributed by atoms with Crippen LogP contribution in [0.2, 0.25) is 0 Å². The Hall–Kier alpha value is -2.89. The van der Waals surface area contributed by atoms with Crippen LogP contribution in [-0.4, -0.2) is 32.8 Å². The molecule has 3 atom stereocenters. The molecule has 0 saturated carbocycles. The van der Waals surface area contributed by atoms with Crippen molar-refractivity contribution in [2.75, 3.05) is 18.0 Å². The summed E-state index contributed by atoms with van der Waals surface area (Å²) in [6.45, 7) is 12.6. The van der Waals surface area contributed by atoms with E-state index in [1.165, 1.54) is 11.8 Å². The van der Waals surface area contributed by atoms with Crippen molar-refractivity contribution >= 4 is 46.1 Å². The Balaban J connectivity index is 1.87. The first-order valence-corrected chi connectivity index (χ1v) is 14.6. The van der Waals surface area contributed by atoms with Crippen LogP contribution in [-0.2, 0) is 11.3 Å². The molecule has 0 N–H and O–H groups in total. The van der Waals surface area contributed by atoms with Gasteiger partial charge in [0.25, 0.3) is 11.5 Å². The second-order valence-electron chi connectivity index (χ2n) is 10.6. The highest BCUT2D eigenvalue weighted by molar-refractivity contribution is 8.26. The van der Waals surface area contributed by atoms with Gasteiger partial charge in [-0.2, -0.15) is 5.26 Å². The maximum Gasteiger partial charge on any atom is 0.270 e. The maximum absolute atomic E-state index is 13.7. The van der Waals surface area contributed by atoms with Crippen LogP contribution in [0.4, 0.5) is 5.82 Å². The van der Waals surface area contributed by atoms with Gasteiger partial charge >= 0.3 is 0 Å². The predicted molar refractivity (Wildman–Crippen MR) is 160 cm³/mol. The molecule has 0 radical (unpaired) electrons. The van der Waals surface area contributed by atoms with Gasteiger partial charge in [0.2, 0.25) is 0 Å². The molecule has 1 amide bonds. The lowest BCUT2D eigenvalue weighted by atomic mass is 9.91. The number of nitriles is 1. The molecule has 2 aromatic rings. The Kier molecular flexibility index (Phi) is 8.79. The van der Waals surface area contributed by atoms with Crippen molar-refractivity contribution in [3.05, 3.63) is 67.8 Å². The Morgan fingerprint density at radius 2 is 1.84 bits per heavy atom. The van der Waals surface area contributed by atoms with E-state index in [9.17, 15) is 14.9 Å². The average molecular weight is 549 g/mol. The molecule has 2 aliphatic heterocycles. The quantitative estimate of drug-likeness (QED) is 0.300. The number of pyridine rings is 1. The van der Waals surface area contributed by atoms with Crippen molar-refractivity contribution in [2.45, 2.75) is 66.5 Å². The first-order chi connectivity index (χ1) is 18.2. The number of thiocarbonyl (C=S) groups is 1. The van der Waals surface area contributed by atoms with Crippen LogP contribution in [0.3, 0.4) is 0 Å². The fourth-order valence-corrected chi connectivity index (χ4v) is 7.07. The highest BCUT2D eigenvalue weighted by atomic mass is 32.2. The van der Waals surface area contributed by atoms with E-state index in [0.717, 1.165) is 49.3 Å². The number of carbonyl (C=O) groups excluding carboxylic acids is 1. The van der Waals surface area contributed by atoms with E-state index in [4.69, 9.17) is 12.2 Å². The van der Waals surface area contributed by atoms with Crippen molar-refractivity contribution in [3.8, 4) is 6.07 Å². The SMILES string of the molecule is CCCCn1c(N2CC(C)CC(C)C2)c(/C=C2\SC(=S)N(C(C)c3ccccc3)C2=O)c(C)c(C#N)c1=O. The molecule has 8 heteroatoms. The van der Waals surface area contributed by atoms with E-state index < -0.39 is 0 Å². The van der Waals surface area contributed by atoms with Gasteiger partial charge in [0, 0.05) is 25.2 Å². The lowest BCUT2D eigenvalue weighted by molar-refractivity contribution is -0.123. The maximum atomic E-state index is 13.7. The molecule has 200 valence electrons. The van der Waals surface area contributed by atoms with Crippen LogP contribution in [0.5, 0.6) is 0 Å². The molecule has 1 aromatic carbocycles. The van der Waals surface area contributed by atoms with Gasteiger partial charge in [0.1, 0.15) is 21.8 Å². The number of hydrogen-bond donors (Lipinski definition) is 0. The third-order valence-electron chi connectivity index (χ3n) is 7.52. The number of rotatable bonds is 7. The number of unbranched alkanes of at least 4 members (excludes halogenated alkanes) is 1. The Bertz CT molecular complexity index is 1350. The molecule has 3 unspecified atom stereocenters. The molecule has 2 aliphatic rings. The van der Waals surface area contributed by atoms with Gasteiger partial charge < -0.3 is 4.90 Å². The number of thioether (sulfide) groups is 1. The standard InChI is InChI=1S/C30H36N4O2S2/c1-6-7-13-33-27(32-17-19(2)14-20(3)18-32)24(21(4)25(16-31)28(33)35)15-26-29(36)34(30(37)38-26)22(5)23-11-9-8-10-12-23/h8-12,15,19-20,22H,6-7,13-14,17-18H2,1-5H3/b26-15-. The molecule has 4 rings (SSSR count). The van der Waals surface area contributed by atoms with E-state index in [1.807, 2.05) is 50.3 Å². The minimum atomic E-state index is -0.248. The zero-order chi connectivity index (χ0) is 27.6. The number of benzene rings is 1. The number of nitrogens with zero attached hydrogens (tertiary/aromatic N) is 4. The van der Waals surface area contributed by atoms with Gasteiger partial charge in [-0.15, -0.1) is 0 Å². The van der Waals surface area contributed by atoms with E-state index in [-0.39, 0.29) is 23.1 Å². The van der Waals surface area contributed by atoms with Gasteiger partial charge in [-0.05, 0) is 55.7 Å². The zero-order valence-corrected chi connectivity index (χ0v) is 24.5. The summed E-state index contributed by atoms with van der Waals surface area (Å²) >= 11 is 6.96. The lowest BCUT2D eigenvalue weighted by Crippen LogP contribution is -2.43. The fraction of sp³-hybridized carbons (Fsp3) is 0.467.